The lowest BCUT2D eigenvalue weighted by Crippen LogP contribution is -2.00. The summed E-state index contributed by atoms with van der Waals surface area (Å²) in [5, 5.41) is 7.80. The van der Waals surface area contributed by atoms with E-state index in [0.29, 0.717) is 5.82 Å². The van der Waals surface area contributed by atoms with Gasteiger partial charge in [0.05, 0.1) is 11.2 Å². The zero-order chi connectivity index (χ0) is 17.9. The van der Waals surface area contributed by atoms with E-state index >= 15 is 0 Å². The Bertz CT molecular complexity index is 1070. The van der Waals surface area contributed by atoms with Crippen LogP contribution >= 0.6 is 0 Å². The molecule has 0 amide bonds. The van der Waals surface area contributed by atoms with Crippen molar-refractivity contribution in [2.75, 3.05) is 10.6 Å². The lowest BCUT2D eigenvalue weighted by molar-refractivity contribution is 1.16. The predicted molar refractivity (Wildman–Crippen MR) is 106 cm³/mol. The Labute approximate surface area is 152 Å². The summed E-state index contributed by atoms with van der Waals surface area (Å²) in [6.45, 7) is 4.15. The number of nitrogens with zero attached hydrogens (tertiary/aromatic N) is 3. The van der Waals surface area contributed by atoms with Crippen LogP contribution in [-0.4, -0.2) is 15.0 Å². The quantitative estimate of drug-likeness (QED) is 0.539. The number of hydrogen-bond acceptors (Lipinski definition) is 5. The van der Waals surface area contributed by atoms with E-state index in [4.69, 9.17) is 0 Å². The standard InChI is InChI=1S/C21H19N5/c1-14-8-9-15(2)18(11-14)26-20-12-19(23-13-24-20)25-17-7-3-5-16-6-4-10-22-21(16)17/h3-13H,1-2H3,(H2,23,24,25,26). The third kappa shape index (κ3) is 3.32. The highest BCUT2D eigenvalue weighted by atomic mass is 15.1. The topological polar surface area (TPSA) is 62.7 Å². The van der Waals surface area contributed by atoms with Crippen molar-refractivity contribution < 1.29 is 0 Å². The molecule has 0 fully saturated rings. The molecule has 4 rings (SSSR count). The number of para-hydroxylation sites is 1. The molecule has 0 aliphatic heterocycles. The summed E-state index contributed by atoms with van der Waals surface area (Å²) >= 11 is 0. The fraction of sp³-hybridized carbons (Fsp3) is 0.0952. The first-order valence-electron chi connectivity index (χ1n) is 8.46. The van der Waals surface area contributed by atoms with Crippen molar-refractivity contribution in [3.8, 4) is 0 Å². The number of pyridine rings is 1. The Morgan fingerprint density at radius 2 is 1.50 bits per heavy atom. The van der Waals surface area contributed by atoms with Gasteiger partial charge in [-0.25, -0.2) is 9.97 Å². The molecule has 0 spiro atoms. The zero-order valence-corrected chi connectivity index (χ0v) is 14.7. The molecule has 0 saturated carbocycles. The van der Waals surface area contributed by atoms with E-state index in [0.717, 1.165) is 28.1 Å². The van der Waals surface area contributed by atoms with Gasteiger partial charge in [-0.05, 0) is 43.2 Å². The molecule has 2 aromatic heterocycles. The number of nitrogens with one attached hydrogen (secondary N) is 2. The van der Waals surface area contributed by atoms with E-state index in [9.17, 15) is 0 Å². The minimum atomic E-state index is 0.714. The highest BCUT2D eigenvalue weighted by Crippen LogP contribution is 2.25. The Morgan fingerprint density at radius 3 is 2.35 bits per heavy atom. The van der Waals surface area contributed by atoms with Gasteiger partial charge >= 0.3 is 0 Å². The molecule has 2 aromatic carbocycles. The van der Waals surface area contributed by atoms with Crippen molar-refractivity contribution in [3.05, 3.63) is 78.2 Å². The molecule has 0 saturated heterocycles. The molecule has 0 bridgehead atoms. The van der Waals surface area contributed by atoms with Crippen molar-refractivity contribution in [2.24, 2.45) is 0 Å². The number of anilines is 4. The number of benzene rings is 2. The second-order valence-corrected chi connectivity index (χ2v) is 6.24. The molecule has 0 aliphatic carbocycles. The van der Waals surface area contributed by atoms with Crippen molar-refractivity contribution >= 4 is 33.9 Å². The van der Waals surface area contributed by atoms with Crippen LogP contribution < -0.4 is 10.6 Å². The molecule has 26 heavy (non-hydrogen) atoms. The van der Waals surface area contributed by atoms with Gasteiger partial charge in [-0.15, -0.1) is 0 Å². The van der Waals surface area contributed by atoms with E-state index in [1.807, 2.05) is 36.4 Å². The largest absolute Gasteiger partial charge is 0.340 e. The Kier molecular flexibility index (Phi) is 4.19. The molecule has 2 N–H and O–H groups in total. The fourth-order valence-corrected chi connectivity index (χ4v) is 2.85. The molecule has 5 nitrogen and oxygen atoms in total. The molecule has 0 atom stereocenters. The smallest absolute Gasteiger partial charge is 0.135 e. The second kappa shape index (κ2) is 6.80. The van der Waals surface area contributed by atoms with Gasteiger partial charge in [0.1, 0.15) is 18.0 Å². The van der Waals surface area contributed by atoms with E-state index in [1.54, 1.807) is 12.5 Å². The average Bonchev–Trinajstić information content (AvgIpc) is 2.65. The maximum absolute atomic E-state index is 4.47. The van der Waals surface area contributed by atoms with Crippen LogP contribution in [0.1, 0.15) is 11.1 Å². The van der Waals surface area contributed by atoms with Crippen LogP contribution in [0.4, 0.5) is 23.0 Å². The van der Waals surface area contributed by atoms with Crippen LogP contribution in [0.25, 0.3) is 10.9 Å². The van der Waals surface area contributed by atoms with Crippen LogP contribution in [0, 0.1) is 13.8 Å². The average molecular weight is 341 g/mol. The third-order valence-corrected chi connectivity index (χ3v) is 4.22. The van der Waals surface area contributed by atoms with E-state index in [1.165, 1.54) is 11.1 Å². The summed E-state index contributed by atoms with van der Waals surface area (Å²) in [7, 11) is 0. The maximum Gasteiger partial charge on any atom is 0.135 e. The Morgan fingerprint density at radius 1 is 0.731 bits per heavy atom. The van der Waals surface area contributed by atoms with E-state index < -0.39 is 0 Å². The van der Waals surface area contributed by atoms with Crippen LogP contribution in [0.3, 0.4) is 0 Å². The summed E-state index contributed by atoms with van der Waals surface area (Å²) in [6, 6.07) is 18.2. The second-order valence-electron chi connectivity index (χ2n) is 6.24. The monoisotopic (exact) mass is 341 g/mol. The summed E-state index contributed by atoms with van der Waals surface area (Å²) in [5.41, 5.74) is 5.24. The van der Waals surface area contributed by atoms with Crippen molar-refractivity contribution in [1.82, 2.24) is 15.0 Å². The minimum absolute atomic E-state index is 0.714. The summed E-state index contributed by atoms with van der Waals surface area (Å²) < 4.78 is 0. The molecule has 0 radical (unpaired) electrons. The van der Waals surface area contributed by atoms with E-state index in [-0.39, 0.29) is 0 Å². The molecule has 0 unspecified atom stereocenters. The summed E-state index contributed by atoms with van der Waals surface area (Å²) in [6.07, 6.45) is 3.34. The Hall–Kier alpha value is -3.47. The van der Waals surface area contributed by atoms with Crippen molar-refractivity contribution in [3.63, 3.8) is 0 Å². The van der Waals surface area contributed by atoms with Gasteiger partial charge < -0.3 is 10.6 Å². The van der Waals surface area contributed by atoms with Gasteiger partial charge in [-0.3, -0.25) is 4.98 Å². The normalized spacial score (nSPS) is 10.7. The number of fused-ring (bicyclic) bond motifs is 1. The number of hydrogen-bond donors (Lipinski definition) is 2. The van der Waals surface area contributed by atoms with Gasteiger partial charge in [0.25, 0.3) is 0 Å². The van der Waals surface area contributed by atoms with Crippen LogP contribution in [-0.2, 0) is 0 Å². The van der Waals surface area contributed by atoms with E-state index in [2.05, 4.69) is 57.6 Å². The molecule has 5 heteroatoms. The fourth-order valence-electron chi connectivity index (χ4n) is 2.85. The highest BCUT2D eigenvalue weighted by Gasteiger charge is 2.06. The number of rotatable bonds is 4. The summed E-state index contributed by atoms with van der Waals surface area (Å²) in [5.74, 6) is 1.45. The SMILES string of the molecule is Cc1ccc(C)c(Nc2cc(Nc3cccc4cccnc34)ncn2)c1. The van der Waals surface area contributed by atoms with Gasteiger partial charge in [-0.1, -0.05) is 30.3 Å². The molecule has 128 valence electrons. The van der Waals surface area contributed by atoms with Crippen molar-refractivity contribution in [1.29, 1.82) is 0 Å². The molecular weight excluding hydrogens is 322 g/mol. The first-order chi connectivity index (χ1) is 12.7. The van der Waals surface area contributed by atoms with Crippen LogP contribution in [0.2, 0.25) is 0 Å². The van der Waals surface area contributed by atoms with Crippen LogP contribution in [0.5, 0.6) is 0 Å². The lowest BCUT2D eigenvalue weighted by atomic mass is 10.1. The number of aryl methyl sites for hydroxylation is 2. The third-order valence-electron chi connectivity index (χ3n) is 4.22. The number of aromatic nitrogens is 3. The summed E-state index contributed by atoms with van der Waals surface area (Å²) in [4.78, 5) is 13.1. The molecular formula is C21H19N5. The van der Waals surface area contributed by atoms with Gasteiger partial charge in [0, 0.05) is 23.3 Å². The molecule has 0 aliphatic rings. The first-order valence-corrected chi connectivity index (χ1v) is 8.46. The predicted octanol–water partition coefficient (Wildman–Crippen LogP) is 5.13. The highest BCUT2D eigenvalue weighted by molar-refractivity contribution is 5.91. The molecule has 2 heterocycles. The van der Waals surface area contributed by atoms with Crippen molar-refractivity contribution in [2.45, 2.75) is 13.8 Å². The maximum atomic E-state index is 4.47. The minimum Gasteiger partial charge on any atom is -0.340 e. The van der Waals surface area contributed by atoms with Gasteiger partial charge in [-0.2, -0.15) is 0 Å². The lowest BCUT2D eigenvalue weighted by Gasteiger charge is -2.12. The van der Waals surface area contributed by atoms with Gasteiger partial charge in [0.2, 0.25) is 0 Å². The zero-order valence-electron chi connectivity index (χ0n) is 14.7. The first kappa shape index (κ1) is 16.0. The van der Waals surface area contributed by atoms with Crippen LogP contribution in [0.15, 0.2) is 67.1 Å². The van der Waals surface area contributed by atoms with Gasteiger partial charge in [0.15, 0.2) is 0 Å². The Balaban J connectivity index is 1.62. The molecule has 4 aromatic rings.